The summed E-state index contributed by atoms with van der Waals surface area (Å²) in [5.74, 6) is -0.707. The normalized spacial score (nSPS) is 10.7. The van der Waals surface area contributed by atoms with Crippen molar-refractivity contribution < 1.29 is 14.3 Å². The smallest absolute Gasteiger partial charge is 0.316 e. The molecule has 0 radical (unpaired) electrons. The van der Waals surface area contributed by atoms with Gasteiger partial charge in [0.15, 0.2) is 11.7 Å². The fraction of sp³-hybridized carbons (Fsp3) is 0.0870. The Morgan fingerprint density at radius 2 is 1.73 bits per heavy atom. The van der Waals surface area contributed by atoms with Gasteiger partial charge in [0.05, 0.1) is 11.4 Å². The number of rotatable bonds is 7. The number of thioether (sulfide) groups is 1. The number of benzene rings is 3. The lowest BCUT2D eigenvalue weighted by Gasteiger charge is -2.06. The number of carbonyl (C=O) groups is 2. The summed E-state index contributed by atoms with van der Waals surface area (Å²) in [5.41, 5.74) is 1.77. The topological polar surface area (TPSA) is 68.3 Å². The number of esters is 1. The number of nitrogens with one attached hydrogen (secondary N) is 1. The number of thiazole rings is 1. The van der Waals surface area contributed by atoms with E-state index >= 15 is 0 Å². The zero-order chi connectivity index (χ0) is 20.8. The molecule has 1 aromatic heterocycles. The molecule has 0 atom stereocenters. The third kappa shape index (κ3) is 5.25. The van der Waals surface area contributed by atoms with E-state index in [4.69, 9.17) is 4.74 Å². The molecule has 1 amide bonds. The van der Waals surface area contributed by atoms with Crippen molar-refractivity contribution in [2.24, 2.45) is 0 Å². The average molecular weight is 435 g/mol. The van der Waals surface area contributed by atoms with Crippen LogP contribution in [0, 0.1) is 0 Å². The minimum atomic E-state index is -0.438. The van der Waals surface area contributed by atoms with Gasteiger partial charge >= 0.3 is 5.97 Å². The molecule has 4 rings (SSSR count). The second-order valence-electron chi connectivity index (χ2n) is 6.41. The van der Waals surface area contributed by atoms with Gasteiger partial charge in [-0.15, -0.1) is 23.1 Å². The van der Waals surface area contributed by atoms with Crippen molar-refractivity contribution in [3.05, 3.63) is 78.2 Å². The zero-order valence-electron chi connectivity index (χ0n) is 15.9. The predicted octanol–water partition coefficient (Wildman–Crippen LogP) is 5.24. The van der Waals surface area contributed by atoms with Crippen molar-refractivity contribution in [2.75, 3.05) is 17.7 Å². The first-order valence-electron chi connectivity index (χ1n) is 9.25. The van der Waals surface area contributed by atoms with E-state index in [1.54, 1.807) is 0 Å². The van der Waals surface area contributed by atoms with E-state index < -0.39 is 11.9 Å². The SMILES string of the molecule is O=C(COC(=O)CSc1ccc2ccccc2c1)Nc1nc(-c2ccccc2)cs1. The van der Waals surface area contributed by atoms with Crippen LogP contribution in [0.5, 0.6) is 0 Å². The van der Waals surface area contributed by atoms with Gasteiger partial charge in [0.25, 0.3) is 5.91 Å². The van der Waals surface area contributed by atoms with Gasteiger partial charge in [-0.3, -0.25) is 14.9 Å². The van der Waals surface area contributed by atoms with Crippen LogP contribution in [-0.2, 0) is 14.3 Å². The lowest BCUT2D eigenvalue weighted by molar-refractivity contribution is -0.144. The second-order valence-corrected chi connectivity index (χ2v) is 8.32. The standard InChI is InChI=1S/C23H18N2O3S2/c26-21(25-23-24-20(14-30-23)17-7-2-1-3-8-17)13-28-22(27)15-29-19-11-10-16-6-4-5-9-18(16)12-19/h1-12,14H,13,15H2,(H,24,25,26). The maximum absolute atomic E-state index is 12.1. The summed E-state index contributed by atoms with van der Waals surface area (Å²) in [4.78, 5) is 29.4. The number of aromatic nitrogens is 1. The Labute approximate surface area is 182 Å². The molecule has 0 unspecified atom stereocenters. The van der Waals surface area contributed by atoms with Crippen LogP contribution in [0.4, 0.5) is 5.13 Å². The summed E-state index contributed by atoms with van der Waals surface area (Å²) in [6, 6.07) is 23.8. The van der Waals surface area contributed by atoms with E-state index in [0.717, 1.165) is 26.9 Å². The highest BCUT2D eigenvalue weighted by Gasteiger charge is 2.11. The summed E-state index contributed by atoms with van der Waals surface area (Å²) >= 11 is 2.71. The molecule has 30 heavy (non-hydrogen) atoms. The minimum absolute atomic E-state index is 0.140. The molecule has 5 nitrogen and oxygen atoms in total. The molecule has 4 aromatic rings. The maximum atomic E-state index is 12.1. The van der Waals surface area contributed by atoms with Crippen LogP contribution >= 0.6 is 23.1 Å². The third-order valence-electron chi connectivity index (χ3n) is 4.26. The van der Waals surface area contributed by atoms with Crippen LogP contribution in [0.1, 0.15) is 0 Å². The van der Waals surface area contributed by atoms with E-state index in [1.165, 1.54) is 23.1 Å². The van der Waals surface area contributed by atoms with Crippen LogP contribution in [0.15, 0.2) is 83.1 Å². The first-order valence-corrected chi connectivity index (χ1v) is 11.1. The Morgan fingerprint density at radius 3 is 2.57 bits per heavy atom. The number of hydrogen-bond donors (Lipinski definition) is 1. The highest BCUT2D eigenvalue weighted by Crippen LogP contribution is 2.25. The Kier molecular flexibility index (Phi) is 6.41. The molecule has 1 N–H and O–H groups in total. The fourth-order valence-electron chi connectivity index (χ4n) is 2.82. The Hall–Kier alpha value is -3.16. The third-order valence-corrected chi connectivity index (χ3v) is 5.99. The first-order chi connectivity index (χ1) is 14.7. The summed E-state index contributed by atoms with van der Waals surface area (Å²) < 4.78 is 5.08. The van der Waals surface area contributed by atoms with Crippen LogP contribution < -0.4 is 5.32 Å². The van der Waals surface area contributed by atoms with E-state index in [2.05, 4.69) is 10.3 Å². The number of carbonyl (C=O) groups excluding carboxylic acids is 2. The van der Waals surface area contributed by atoms with E-state index in [9.17, 15) is 9.59 Å². The van der Waals surface area contributed by atoms with Crippen LogP contribution in [-0.4, -0.2) is 29.2 Å². The summed E-state index contributed by atoms with van der Waals surface area (Å²) in [5, 5.41) is 7.28. The van der Waals surface area contributed by atoms with Crippen LogP contribution in [0.25, 0.3) is 22.0 Å². The molecule has 0 aliphatic carbocycles. The van der Waals surface area contributed by atoms with Crippen molar-refractivity contribution in [3.8, 4) is 11.3 Å². The van der Waals surface area contributed by atoms with Gasteiger partial charge in [-0.25, -0.2) is 4.98 Å². The van der Waals surface area contributed by atoms with Crippen molar-refractivity contribution >= 4 is 50.9 Å². The van der Waals surface area contributed by atoms with Gasteiger partial charge in [0.2, 0.25) is 0 Å². The minimum Gasteiger partial charge on any atom is -0.455 e. The average Bonchev–Trinajstić information content (AvgIpc) is 3.25. The number of fused-ring (bicyclic) bond motifs is 1. The van der Waals surface area contributed by atoms with Gasteiger partial charge in [-0.2, -0.15) is 0 Å². The number of anilines is 1. The molecular weight excluding hydrogens is 416 g/mol. The van der Waals surface area contributed by atoms with Gasteiger partial charge in [-0.05, 0) is 22.9 Å². The summed E-state index contributed by atoms with van der Waals surface area (Å²) in [6.45, 7) is -0.336. The molecule has 1 heterocycles. The Balaban J connectivity index is 1.23. The molecule has 0 fully saturated rings. The summed E-state index contributed by atoms with van der Waals surface area (Å²) in [7, 11) is 0. The molecule has 150 valence electrons. The quantitative estimate of drug-likeness (QED) is 0.318. The van der Waals surface area contributed by atoms with Crippen molar-refractivity contribution in [3.63, 3.8) is 0 Å². The monoisotopic (exact) mass is 434 g/mol. The zero-order valence-corrected chi connectivity index (χ0v) is 17.5. The Morgan fingerprint density at radius 1 is 0.967 bits per heavy atom. The highest BCUT2D eigenvalue weighted by molar-refractivity contribution is 8.00. The number of ether oxygens (including phenoxy) is 1. The molecule has 0 bridgehead atoms. The fourth-order valence-corrected chi connectivity index (χ4v) is 4.29. The molecule has 7 heteroatoms. The molecule has 0 saturated carbocycles. The summed E-state index contributed by atoms with van der Waals surface area (Å²) in [6.07, 6.45) is 0. The molecular formula is C23H18N2O3S2. The molecule has 0 aliphatic heterocycles. The number of amides is 1. The second kappa shape index (κ2) is 9.56. The lowest BCUT2D eigenvalue weighted by atomic mass is 10.1. The Bertz CT molecular complexity index is 1180. The first kappa shape index (κ1) is 20.1. The largest absolute Gasteiger partial charge is 0.455 e. The van der Waals surface area contributed by atoms with Crippen molar-refractivity contribution in [1.82, 2.24) is 4.98 Å². The van der Waals surface area contributed by atoms with E-state index in [0.29, 0.717) is 5.13 Å². The van der Waals surface area contributed by atoms with Crippen LogP contribution in [0.2, 0.25) is 0 Å². The van der Waals surface area contributed by atoms with Gasteiger partial charge in [0, 0.05) is 15.8 Å². The number of nitrogens with zero attached hydrogens (tertiary/aromatic N) is 1. The van der Waals surface area contributed by atoms with Gasteiger partial charge in [0.1, 0.15) is 0 Å². The molecule has 0 saturated heterocycles. The van der Waals surface area contributed by atoms with Crippen molar-refractivity contribution in [2.45, 2.75) is 4.90 Å². The van der Waals surface area contributed by atoms with Gasteiger partial charge < -0.3 is 4.74 Å². The molecule has 0 spiro atoms. The van der Waals surface area contributed by atoms with Gasteiger partial charge in [-0.1, -0.05) is 60.7 Å². The van der Waals surface area contributed by atoms with E-state index in [-0.39, 0.29) is 12.4 Å². The maximum Gasteiger partial charge on any atom is 0.316 e. The highest BCUT2D eigenvalue weighted by atomic mass is 32.2. The number of hydrogen-bond acceptors (Lipinski definition) is 6. The van der Waals surface area contributed by atoms with Crippen molar-refractivity contribution in [1.29, 1.82) is 0 Å². The lowest BCUT2D eigenvalue weighted by Crippen LogP contribution is -2.21. The predicted molar refractivity (Wildman–Crippen MR) is 122 cm³/mol. The van der Waals surface area contributed by atoms with E-state index in [1.807, 2.05) is 78.2 Å². The molecule has 0 aliphatic rings. The van der Waals surface area contributed by atoms with Crippen LogP contribution in [0.3, 0.4) is 0 Å². The molecule has 3 aromatic carbocycles.